The second kappa shape index (κ2) is 4.52. The highest BCUT2D eigenvalue weighted by molar-refractivity contribution is 4.98. The van der Waals surface area contributed by atoms with Crippen LogP contribution in [0, 0.1) is 5.92 Å². The summed E-state index contributed by atoms with van der Waals surface area (Å²) in [5.74, 6) is 0.713. The van der Waals surface area contributed by atoms with Crippen molar-refractivity contribution in [2.45, 2.75) is 63.7 Å². The van der Waals surface area contributed by atoms with Crippen molar-refractivity contribution in [2.75, 3.05) is 19.6 Å². The molecular formula is C14H27N3. The quantitative estimate of drug-likeness (QED) is 0.785. The van der Waals surface area contributed by atoms with Crippen LogP contribution in [0.25, 0.3) is 0 Å². The summed E-state index contributed by atoms with van der Waals surface area (Å²) in [7, 11) is 0. The third-order valence-corrected chi connectivity index (χ3v) is 5.18. The van der Waals surface area contributed by atoms with E-state index in [2.05, 4.69) is 23.6 Å². The Balaban J connectivity index is 1.58. The maximum atomic E-state index is 6.22. The molecule has 0 bridgehead atoms. The molecule has 4 atom stereocenters. The Bertz CT molecular complexity index is 277. The number of nitrogens with zero attached hydrogens (tertiary/aromatic N) is 2. The van der Waals surface area contributed by atoms with Gasteiger partial charge < -0.3 is 5.73 Å². The van der Waals surface area contributed by atoms with Crippen LogP contribution in [-0.2, 0) is 0 Å². The number of hydrogen-bond donors (Lipinski definition) is 1. The number of hydrogen-bond acceptors (Lipinski definition) is 3. The lowest BCUT2D eigenvalue weighted by atomic mass is 9.93. The minimum atomic E-state index is 0.397. The first kappa shape index (κ1) is 11.9. The third kappa shape index (κ3) is 2.38. The number of rotatable bonds is 2. The Kier molecular flexibility index (Phi) is 3.18. The van der Waals surface area contributed by atoms with E-state index < -0.39 is 0 Å². The zero-order valence-corrected chi connectivity index (χ0v) is 11.3. The average molecular weight is 237 g/mol. The second-order valence-electron chi connectivity index (χ2n) is 6.59. The van der Waals surface area contributed by atoms with Crippen molar-refractivity contribution in [3.05, 3.63) is 0 Å². The molecule has 17 heavy (non-hydrogen) atoms. The molecule has 2 aliphatic heterocycles. The van der Waals surface area contributed by atoms with E-state index in [1.54, 1.807) is 0 Å². The maximum absolute atomic E-state index is 6.22. The van der Waals surface area contributed by atoms with E-state index in [1.165, 1.54) is 38.8 Å². The van der Waals surface area contributed by atoms with Crippen LogP contribution in [0.4, 0.5) is 0 Å². The van der Waals surface area contributed by atoms with E-state index in [9.17, 15) is 0 Å². The molecule has 1 aliphatic carbocycles. The second-order valence-corrected chi connectivity index (χ2v) is 6.59. The summed E-state index contributed by atoms with van der Waals surface area (Å²) in [6.07, 6.45) is 5.52. The molecule has 2 heterocycles. The summed E-state index contributed by atoms with van der Waals surface area (Å²) >= 11 is 0. The molecule has 2 N–H and O–H groups in total. The van der Waals surface area contributed by atoms with Gasteiger partial charge in [0, 0.05) is 37.3 Å². The van der Waals surface area contributed by atoms with Crippen LogP contribution in [-0.4, -0.2) is 53.6 Å². The van der Waals surface area contributed by atoms with Gasteiger partial charge in [-0.1, -0.05) is 6.92 Å². The highest BCUT2D eigenvalue weighted by Crippen LogP contribution is 2.35. The minimum absolute atomic E-state index is 0.397. The Morgan fingerprint density at radius 2 is 1.76 bits per heavy atom. The molecular weight excluding hydrogens is 210 g/mol. The fourth-order valence-corrected chi connectivity index (χ4v) is 3.66. The SMILES string of the molecule is CC1CCN(C2CC(C)N(C3CC3)C2)CC1N. The first-order valence-corrected chi connectivity index (χ1v) is 7.40. The fourth-order valence-electron chi connectivity index (χ4n) is 3.66. The van der Waals surface area contributed by atoms with Gasteiger partial charge in [-0.2, -0.15) is 0 Å². The molecule has 3 nitrogen and oxygen atoms in total. The first-order valence-electron chi connectivity index (χ1n) is 7.40. The summed E-state index contributed by atoms with van der Waals surface area (Å²) in [6, 6.07) is 2.90. The van der Waals surface area contributed by atoms with Crippen LogP contribution in [0.3, 0.4) is 0 Å². The predicted molar refractivity (Wildman–Crippen MR) is 70.9 cm³/mol. The molecule has 2 saturated heterocycles. The summed E-state index contributed by atoms with van der Waals surface area (Å²) in [4.78, 5) is 5.41. The van der Waals surface area contributed by atoms with E-state index >= 15 is 0 Å². The molecule has 0 aromatic heterocycles. The third-order valence-electron chi connectivity index (χ3n) is 5.18. The molecule has 3 heteroatoms. The van der Waals surface area contributed by atoms with Crippen LogP contribution in [0.1, 0.15) is 39.5 Å². The lowest BCUT2D eigenvalue weighted by Crippen LogP contribution is -2.51. The molecule has 3 rings (SSSR count). The van der Waals surface area contributed by atoms with Gasteiger partial charge in [0.2, 0.25) is 0 Å². The van der Waals surface area contributed by atoms with Crippen LogP contribution in [0.15, 0.2) is 0 Å². The van der Waals surface area contributed by atoms with E-state index in [0.717, 1.165) is 24.7 Å². The highest BCUT2D eigenvalue weighted by atomic mass is 15.3. The molecule has 3 fully saturated rings. The molecule has 0 spiro atoms. The zero-order chi connectivity index (χ0) is 12.0. The predicted octanol–water partition coefficient (Wildman–Crippen LogP) is 1.28. The van der Waals surface area contributed by atoms with Crippen molar-refractivity contribution in [2.24, 2.45) is 11.7 Å². The van der Waals surface area contributed by atoms with Crippen LogP contribution < -0.4 is 5.73 Å². The Labute approximate surface area is 105 Å². The molecule has 4 unspecified atom stereocenters. The lowest BCUT2D eigenvalue weighted by Gasteiger charge is -2.38. The largest absolute Gasteiger partial charge is 0.326 e. The van der Waals surface area contributed by atoms with Crippen molar-refractivity contribution in [3.8, 4) is 0 Å². The van der Waals surface area contributed by atoms with E-state index in [0.29, 0.717) is 12.0 Å². The summed E-state index contributed by atoms with van der Waals surface area (Å²) in [5, 5.41) is 0. The molecule has 0 amide bonds. The van der Waals surface area contributed by atoms with Gasteiger partial charge in [0.15, 0.2) is 0 Å². The number of likely N-dealkylation sites (tertiary alicyclic amines) is 2. The molecule has 0 aromatic carbocycles. The summed E-state index contributed by atoms with van der Waals surface area (Å²) in [5.41, 5.74) is 6.22. The highest BCUT2D eigenvalue weighted by Gasteiger charge is 2.41. The Hall–Kier alpha value is -0.120. The van der Waals surface area contributed by atoms with Gasteiger partial charge in [-0.05, 0) is 45.1 Å². The fraction of sp³-hybridized carbons (Fsp3) is 1.00. The minimum Gasteiger partial charge on any atom is -0.326 e. The first-order chi connectivity index (χ1) is 8.15. The normalized spacial score (nSPS) is 45.4. The van der Waals surface area contributed by atoms with Crippen LogP contribution >= 0.6 is 0 Å². The van der Waals surface area contributed by atoms with Gasteiger partial charge in [0.05, 0.1) is 0 Å². The van der Waals surface area contributed by atoms with Crippen molar-refractivity contribution >= 4 is 0 Å². The smallest absolute Gasteiger partial charge is 0.0238 e. The van der Waals surface area contributed by atoms with Crippen molar-refractivity contribution in [1.82, 2.24) is 9.80 Å². The van der Waals surface area contributed by atoms with Crippen molar-refractivity contribution < 1.29 is 0 Å². The standard InChI is InChI=1S/C14H27N3/c1-10-5-6-16(9-14(10)15)13-7-11(2)17(8-13)12-3-4-12/h10-14H,3-9,15H2,1-2H3. The molecule has 0 radical (unpaired) electrons. The molecule has 3 aliphatic rings. The van der Waals surface area contributed by atoms with Gasteiger partial charge in [-0.3, -0.25) is 9.80 Å². The van der Waals surface area contributed by atoms with Gasteiger partial charge in [0.1, 0.15) is 0 Å². The van der Waals surface area contributed by atoms with E-state index in [4.69, 9.17) is 5.73 Å². The number of nitrogens with two attached hydrogens (primary N) is 1. The zero-order valence-electron chi connectivity index (χ0n) is 11.3. The van der Waals surface area contributed by atoms with E-state index in [-0.39, 0.29) is 0 Å². The average Bonchev–Trinajstić information content (AvgIpc) is 3.06. The van der Waals surface area contributed by atoms with Crippen molar-refractivity contribution in [1.29, 1.82) is 0 Å². The van der Waals surface area contributed by atoms with Crippen LogP contribution in [0.5, 0.6) is 0 Å². The van der Waals surface area contributed by atoms with Gasteiger partial charge >= 0.3 is 0 Å². The number of piperidine rings is 1. The Morgan fingerprint density at radius 1 is 1.00 bits per heavy atom. The Morgan fingerprint density at radius 3 is 2.41 bits per heavy atom. The maximum Gasteiger partial charge on any atom is 0.0238 e. The lowest BCUT2D eigenvalue weighted by molar-refractivity contribution is 0.120. The molecule has 0 aromatic rings. The molecule has 98 valence electrons. The van der Waals surface area contributed by atoms with E-state index in [1.807, 2.05) is 0 Å². The summed E-state index contributed by atoms with van der Waals surface area (Å²) in [6.45, 7) is 8.40. The van der Waals surface area contributed by atoms with Gasteiger partial charge in [0.25, 0.3) is 0 Å². The van der Waals surface area contributed by atoms with Gasteiger partial charge in [-0.25, -0.2) is 0 Å². The monoisotopic (exact) mass is 237 g/mol. The van der Waals surface area contributed by atoms with Crippen molar-refractivity contribution in [3.63, 3.8) is 0 Å². The molecule has 1 saturated carbocycles. The van der Waals surface area contributed by atoms with Crippen LogP contribution in [0.2, 0.25) is 0 Å². The topological polar surface area (TPSA) is 32.5 Å². The van der Waals surface area contributed by atoms with Gasteiger partial charge in [-0.15, -0.1) is 0 Å². The summed E-state index contributed by atoms with van der Waals surface area (Å²) < 4.78 is 0.